The van der Waals surface area contributed by atoms with Gasteiger partial charge in [-0.1, -0.05) is 29.8 Å². The minimum atomic E-state index is -1.08. The van der Waals surface area contributed by atoms with Crippen molar-refractivity contribution >= 4 is 40.8 Å². The number of benzene rings is 3. The monoisotopic (exact) mass is 631 g/mol. The van der Waals surface area contributed by atoms with E-state index in [4.69, 9.17) is 16.3 Å². The molecule has 6 rings (SSSR count). The lowest BCUT2D eigenvalue weighted by Gasteiger charge is -2.40. The first-order valence-corrected chi connectivity index (χ1v) is 15.0. The van der Waals surface area contributed by atoms with E-state index in [9.17, 15) is 23.9 Å². The molecule has 0 aliphatic carbocycles. The van der Waals surface area contributed by atoms with Crippen LogP contribution in [0, 0.1) is 5.82 Å². The van der Waals surface area contributed by atoms with Crippen LogP contribution in [0.1, 0.15) is 50.9 Å². The SMILES string of the molecule is COC1CCN(c2cccc3c2CCN(C(=O)c2cn(-c4cccc(Cl)c4F)cn2)C3C(=O)Nc2ccc(C(=O)O)cc2)CC1. The van der Waals surface area contributed by atoms with Gasteiger partial charge in [0.1, 0.15) is 18.1 Å². The van der Waals surface area contributed by atoms with Crippen molar-refractivity contribution in [3.63, 3.8) is 0 Å². The second-order valence-electron chi connectivity index (χ2n) is 11.0. The first kappa shape index (κ1) is 30.3. The summed E-state index contributed by atoms with van der Waals surface area (Å²) in [4.78, 5) is 47.4. The molecule has 1 unspecified atom stereocenters. The molecule has 1 aromatic heterocycles. The number of rotatable bonds is 7. The number of carbonyl (C=O) groups is 3. The summed E-state index contributed by atoms with van der Waals surface area (Å²) in [6.45, 7) is 1.86. The third-order valence-corrected chi connectivity index (χ3v) is 8.72. The highest BCUT2D eigenvalue weighted by Crippen LogP contribution is 2.38. The number of halogens is 2. The van der Waals surface area contributed by atoms with E-state index in [1.807, 2.05) is 18.2 Å². The van der Waals surface area contributed by atoms with Crippen LogP contribution in [0.4, 0.5) is 15.8 Å². The van der Waals surface area contributed by atoms with Crippen LogP contribution in [-0.2, 0) is 16.0 Å². The average molecular weight is 632 g/mol. The fourth-order valence-electron chi connectivity index (χ4n) is 6.09. The number of nitrogens with zero attached hydrogens (tertiary/aromatic N) is 4. The summed E-state index contributed by atoms with van der Waals surface area (Å²) in [6, 6.07) is 15.2. The number of piperidine rings is 1. The summed E-state index contributed by atoms with van der Waals surface area (Å²) < 4.78 is 21.7. The lowest BCUT2D eigenvalue weighted by atomic mass is 9.89. The zero-order valence-corrected chi connectivity index (χ0v) is 25.2. The molecular formula is C33H31ClFN5O5. The predicted molar refractivity (Wildman–Crippen MR) is 167 cm³/mol. The van der Waals surface area contributed by atoms with Crippen molar-refractivity contribution in [1.29, 1.82) is 0 Å². The Balaban J connectivity index is 1.34. The highest BCUT2D eigenvalue weighted by Gasteiger charge is 2.39. The quantitative estimate of drug-likeness (QED) is 0.282. The molecule has 0 bridgehead atoms. The summed E-state index contributed by atoms with van der Waals surface area (Å²) in [5, 5.41) is 12.1. The van der Waals surface area contributed by atoms with Crippen molar-refractivity contribution < 1.29 is 28.6 Å². The molecule has 2 amide bonds. The lowest BCUT2D eigenvalue weighted by molar-refractivity contribution is -0.121. The average Bonchev–Trinajstić information content (AvgIpc) is 3.55. The Hall–Kier alpha value is -4.74. The summed E-state index contributed by atoms with van der Waals surface area (Å²) in [5.74, 6) is -2.67. The Labute approximate surface area is 264 Å². The molecule has 232 valence electrons. The number of anilines is 2. The summed E-state index contributed by atoms with van der Waals surface area (Å²) in [7, 11) is 1.73. The Morgan fingerprint density at radius 1 is 1.00 bits per heavy atom. The Morgan fingerprint density at radius 2 is 1.71 bits per heavy atom. The highest BCUT2D eigenvalue weighted by atomic mass is 35.5. The summed E-state index contributed by atoms with van der Waals surface area (Å²) in [5.41, 5.74) is 3.37. The van der Waals surface area contributed by atoms with Crippen molar-refractivity contribution in [1.82, 2.24) is 14.5 Å². The van der Waals surface area contributed by atoms with Crippen LogP contribution in [0.5, 0.6) is 0 Å². The van der Waals surface area contributed by atoms with Gasteiger partial charge in [-0.25, -0.2) is 14.2 Å². The number of hydrogen-bond donors (Lipinski definition) is 2. The Morgan fingerprint density at radius 3 is 2.42 bits per heavy atom. The fraction of sp³-hybridized carbons (Fsp3) is 0.273. The van der Waals surface area contributed by atoms with E-state index >= 15 is 0 Å². The van der Waals surface area contributed by atoms with Crippen LogP contribution >= 0.6 is 11.6 Å². The zero-order chi connectivity index (χ0) is 31.7. The van der Waals surface area contributed by atoms with Crippen LogP contribution in [0.3, 0.4) is 0 Å². The molecule has 1 atom stereocenters. The first-order valence-electron chi connectivity index (χ1n) is 14.6. The van der Waals surface area contributed by atoms with Gasteiger partial charge in [-0.3, -0.25) is 9.59 Å². The fourth-order valence-corrected chi connectivity index (χ4v) is 6.26. The van der Waals surface area contributed by atoms with Gasteiger partial charge < -0.3 is 29.5 Å². The first-order chi connectivity index (χ1) is 21.7. The standard InChI is InChI=1S/C33H31ClFN5O5/c1-45-22-12-15-38(16-13-22)27-6-2-4-24-23(27)14-17-40(30(24)31(41)37-21-10-8-20(9-11-21)33(43)44)32(42)26-18-39(19-36-26)28-7-3-5-25(34)29(28)35/h2-11,18-19,22,30H,12-17H2,1H3,(H,37,41)(H,43,44). The maximum Gasteiger partial charge on any atom is 0.335 e. The topological polar surface area (TPSA) is 117 Å². The molecule has 1 fully saturated rings. The maximum atomic E-state index is 14.7. The van der Waals surface area contributed by atoms with Gasteiger partial charge in [0.2, 0.25) is 0 Å². The van der Waals surface area contributed by atoms with Crippen molar-refractivity contribution in [3.05, 3.63) is 106 Å². The number of aromatic carboxylic acids is 1. The molecule has 2 aliphatic rings. The number of methoxy groups -OCH3 is 1. The van der Waals surface area contributed by atoms with E-state index < -0.39 is 29.6 Å². The molecule has 2 aliphatic heterocycles. The van der Waals surface area contributed by atoms with E-state index in [0.29, 0.717) is 17.7 Å². The van der Waals surface area contributed by atoms with E-state index in [-0.39, 0.29) is 34.6 Å². The lowest BCUT2D eigenvalue weighted by Crippen LogP contribution is -2.46. The van der Waals surface area contributed by atoms with Crippen LogP contribution in [0.15, 0.2) is 73.2 Å². The van der Waals surface area contributed by atoms with Crippen molar-refractivity contribution in [3.8, 4) is 5.69 Å². The number of hydrogen-bond acceptors (Lipinski definition) is 6. The van der Waals surface area contributed by atoms with E-state index in [1.54, 1.807) is 13.2 Å². The van der Waals surface area contributed by atoms with Gasteiger partial charge in [0.05, 0.1) is 22.4 Å². The molecule has 1 saturated heterocycles. The summed E-state index contributed by atoms with van der Waals surface area (Å²) >= 11 is 5.96. The van der Waals surface area contributed by atoms with Crippen molar-refractivity contribution in [2.75, 3.05) is 37.0 Å². The molecule has 0 spiro atoms. The number of ether oxygens (including phenoxy) is 1. The smallest absolute Gasteiger partial charge is 0.335 e. The number of amides is 2. The number of aromatic nitrogens is 2. The molecule has 12 heteroatoms. The van der Waals surface area contributed by atoms with Gasteiger partial charge in [-0.2, -0.15) is 0 Å². The summed E-state index contributed by atoms with van der Waals surface area (Å²) in [6.07, 6.45) is 5.25. The van der Waals surface area contributed by atoms with Gasteiger partial charge in [-0.05, 0) is 72.9 Å². The van der Waals surface area contributed by atoms with Gasteiger partial charge >= 0.3 is 5.97 Å². The Bertz CT molecular complexity index is 1750. The second-order valence-corrected chi connectivity index (χ2v) is 11.4. The number of carbonyl (C=O) groups excluding carboxylic acids is 2. The van der Waals surface area contributed by atoms with E-state index in [1.165, 1.54) is 58.4 Å². The third-order valence-electron chi connectivity index (χ3n) is 8.43. The minimum absolute atomic E-state index is 0.0410. The van der Waals surface area contributed by atoms with E-state index in [2.05, 4.69) is 15.2 Å². The third kappa shape index (κ3) is 6.01. The van der Waals surface area contributed by atoms with Crippen LogP contribution in [0.25, 0.3) is 5.69 Å². The van der Waals surface area contributed by atoms with Gasteiger partial charge in [0, 0.05) is 44.3 Å². The molecule has 0 radical (unpaired) electrons. The number of nitrogens with one attached hydrogen (secondary N) is 1. The number of fused-ring (bicyclic) bond motifs is 1. The predicted octanol–water partition coefficient (Wildman–Crippen LogP) is 5.36. The van der Waals surface area contributed by atoms with Crippen LogP contribution < -0.4 is 10.2 Å². The molecular weight excluding hydrogens is 601 g/mol. The molecule has 3 aromatic carbocycles. The largest absolute Gasteiger partial charge is 0.478 e. The molecule has 45 heavy (non-hydrogen) atoms. The zero-order valence-electron chi connectivity index (χ0n) is 24.5. The van der Waals surface area contributed by atoms with Gasteiger partial charge in [0.15, 0.2) is 5.82 Å². The van der Waals surface area contributed by atoms with E-state index in [0.717, 1.165) is 37.2 Å². The Kier molecular flexibility index (Phi) is 8.55. The van der Waals surface area contributed by atoms with Crippen LogP contribution in [-0.4, -0.2) is 70.2 Å². The van der Waals surface area contributed by atoms with Gasteiger partial charge in [-0.15, -0.1) is 0 Å². The molecule has 3 heterocycles. The number of imidazole rings is 1. The number of carboxylic acids is 1. The second kappa shape index (κ2) is 12.7. The van der Waals surface area contributed by atoms with Crippen molar-refractivity contribution in [2.45, 2.75) is 31.4 Å². The molecule has 2 N–H and O–H groups in total. The molecule has 4 aromatic rings. The molecule has 0 saturated carbocycles. The van der Waals surface area contributed by atoms with Crippen molar-refractivity contribution in [2.24, 2.45) is 0 Å². The maximum absolute atomic E-state index is 14.7. The van der Waals surface area contributed by atoms with Gasteiger partial charge in [0.25, 0.3) is 11.8 Å². The number of carboxylic acid groups (broad SMARTS) is 1. The normalized spacial score (nSPS) is 16.7. The minimum Gasteiger partial charge on any atom is -0.478 e. The highest BCUT2D eigenvalue weighted by molar-refractivity contribution is 6.30. The van der Waals surface area contributed by atoms with Crippen LogP contribution in [0.2, 0.25) is 5.02 Å². The molecule has 10 nitrogen and oxygen atoms in total.